The van der Waals surface area contributed by atoms with Crippen LogP contribution in [0.5, 0.6) is 0 Å². The lowest BCUT2D eigenvalue weighted by molar-refractivity contribution is -0.117. The largest absolute Gasteiger partial charge is 0.325 e. The first-order valence-electron chi connectivity index (χ1n) is 7.37. The number of hydrogen-bond donors (Lipinski definition) is 1. The highest BCUT2D eigenvalue weighted by atomic mass is 35.5. The van der Waals surface area contributed by atoms with E-state index in [9.17, 15) is 4.79 Å². The standard InChI is InChI=1S/C18H17Cl2NO/c1-2-12-8-6-7-11-14(12)21-17(22)16-15(18(16,19)20)13-9-4-3-5-10-13/h3-11,15-16H,2H2,1H3,(H,21,22)/t15-,16-/m0/s1. The quantitative estimate of drug-likeness (QED) is 0.802. The molecule has 1 N–H and O–H groups in total. The summed E-state index contributed by atoms with van der Waals surface area (Å²) in [6, 6.07) is 17.5. The molecule has 22 heavy (non-hydrogen) atoms. The van der Waals surface area contributed by atoms with Crippen LogP contribution < -0.4 is 5.32 Å². The van der Waals surface area contributed by atoms with Crippen molar-refractivity contribution in [3.8, 4) is 0 Å². The lowest BCUT2D eigenvalue weighted by Crippen LogP contribution is -2.18. The predicted octanol–water partition coefficient (Wildman–Crippen LogP) is 4.78. The zero-order valence-corrected chi connectivity index (χ0v) is 13.7. The number of nitrogens with one attached hydrogen (secondary N) is 1. The van der Waals surface area contributed by atoms with E-state index in [-0.39, 0.29) is 11.8 Å². The van der Waals surface area contributed by atoms with Crippen LogP contribution in [0.25, 0.3) is 0 Å². The summed E-state index contributed by atoms with van der Waals surface area (Å²) in [7, 11) is 0. The molecule has 0 aliphatic heterocycles. The van der Waals surface area contributed by atoms with E-state index in [1.165, 1.54) is 0 Å². The number of para-hydroxylation sites is 1. The van der Waals surface area contributed by atoms with Crippen molar-refractivity contribution in [2.45, 2.75) is 23.6 Å². The van der Waals surface area contributed by atoms with Crippen LogP contribution in [0.3, 0.4) is 0 Å². The van der Waals surface area contributed by atoms with Crippen molar-refractivity contribution >= 4 is 34.8 Å². The Morgan fingerprint density at radius 1 is 1.09 bits per heavy atom. The summed E-state index contributed by atoms with van der Waals surface area (Å²) >= 11 is 12.7. The second-order valence-electron chi connectivity index (χ2n) is 5.54. The first-order chi connectivity index (χ1) is 10.6. The van der Waals surface area contributed by atoms with Gasteiger partial charge in [0.25, 0.3) is 0 Å². The number of halogens is 2. The first kappa shape index (κ1) is 15.4. The summed E-state index contributed by atoms with van der Waals surface area (Å²) in [4.78, 5) is 12.6. The van der Waals surface area contributed by atoms with Crippen LogP contribution in [0.15, 0.2) is 54.6 Å². The van der Waals surface area contributed by atoms with E-state index in [0.29, 0.717) is 0 Å². The van der Waals surface area contributed by atoms with E-state index in [0.717, 1.165) is 23.2 Å². The number of alkyl halides is 2. The Hall–Kier alpha value is -1.51. The number of hydrogen-bond acceptors (Lipinski definition) is 1. The summed E-state index contributed by atoms with van der Waals surface area (Å²) in [5.41, 5.74) is 2.93. The lowest BCUT2D eigenvalue weighted by Gasteiger charge is -2.09. The monoisotopic (exact) mass is 333 g/mol. The Balaban J connectivity index is 1.79. The van der Waals surface area contributed by atoms with Crippen LogP contribution in [0.2, 0.25) is 0 Å². The molecule has 0 heterocycles. The second kappa shape index (κ2) is 5.94. The summed E-state index contributed by atoms with van der Waals surface area (Å²) in [5.74, 6) is -0.714. The third-order valence-electron chi connectivity index (χ3n) is 4.15. The van der Waals surface area contributed by atoms with Crippen molar-refractivity contribution in [2.75, 3.05) is 5.32 Å². The number of amides is 1. The molecule has 114 valence electrons. The summed E-state index contributed by atoms with van der Waals surface area (Å²) in [6.45, 7) is 2.06. The highest BCUT2D eigenvalue weighted by Crippen LogP contribution is 2.65. The van der Waals surface area contributed by atoms with Crippen molar-refractivity contribution in [1.82, 2.24) is 0 Å². The molecule has 0 spiro atoms. The summed E-state index contributed by atoms with van der Waals surface area (Å²) < 4.78 is -1.04. The lowest BCUT2D eigenvalue weighted by atomic mass is 10.1. The van der Waals surface area contributed by atoms with Crippen LogP contribution in [-0.2, 0) is 11.2 Å². The maximum Gasteiger partial charge on any atom is 0.231 e. The third-order valence-corrected chi connectivity index (χ3v) is 5.09. The highest BCUT2D eigenvalue weighted by molar-refractivity contribution is 6.53. The van der Waals surface area contributed by atoms with Crippen LogP contribution >= 0.6 is 23.2 Å². The molecular formula is C18H17Cl2NO. The van der Waals surface area contributed by atoms with E-state index in [1.54, 1.807) is 0 Å². The number of anilines is 1. The van der Waals surface area contributed by atoms with E-state index in [1.807, 2.05) is 54.6 Å². The van der Waals surface area contributed by atoms with Gasteiger partial charge in [-0.05, 0) is 23.6 Å². The minimum absolute atomic E-state index is 0.125. The van der Waals surface area contributed by atoms with Gasteiger partial charge in [-0.1, -0.05) is 55.5 Å². The van der Waals surface area contributed by atoms with Gasteiger partial charge in [-0.2, -0.15) is 0 Å². The van der Waals surface area contributed by atoms with Gasteiger partial charge < -0.3 is 5.32 Å². The molecule has 0 aromatic heterocycles. The zero-order chi connectivity index (χ0) is 15.7. The van der Waals surface area contributed by atoms with Gasteiger partial charge in [0.2, 0.25) is 5.91 Å². The Morgan fingerprint density at radius 3 is 2.41 bits per heavy atom. The molecule has 0 saturated heterocycles. The van der Waals surface area contributed by atoms with E-state index < -0.39 is 10.3 Å². The minimum Gasteiger partial charge on any atom is -0.325 e. The molecule has 1 aliphatic carbocycles. The Bertz CT molecular complexity index is 684. The molecule has 4 heteroatoms. The van der Waals surface area contributed by atoms with Crippen molar-refractivity contribution in [3.63, 3.8) is 0 Å². The smallest absolute Gasteiger partial charge is 0.231 e. The van der Waals surface area contributed by atoms with Gasteiger partial charge in [0.15, 0.2) is 0 Å². The Kier molecular flexibility index (Phi) is 4.16. The topological polar surface area (TPSA) is 29.1 Å². The fraction of sp³-hybridized carbons (Fsp3) is 0.278. The SMILES string of the molecule is CCc1ccccc1NC(=O)[C@@H]1[C@H](c2ccccc2)C1(Cl)Cl. The molecule has 0 bridgehead atoms. The molecule has 2 nitrogen and oxygen atoms in total. The number of aryl methyl sites for hydroxylation is 1. The van der Waals surface area contributed by atoms with Gasteiger partial charge in [0.1, 0.15) is 4.33 Å². The predicted molar refractivity (Wildman–Crippen MR) is 91.6 cm³/mol. The first-order valence-corrected chi connectivity index (χ1v) is 8.12. The van der Waals surface area contributed by atoms with E-state index >= 15 is 0 Å². The van der Waals surface area contributed by atoms with Crippen LogP contribution in [0.4, 0.5) is 5.69 Å². The van der Waals surface area contributed by atoms with Crippen molar-refractivity contribution in [2.24, 2.45) is 5.92 Å². The van der Waals surface area contributed by atoms with Crippen molar-refractivity contribution in [3.05, 3.63) is 65.7 Å². The maximum atomic E-state index is 12.6. The molecule has 3 rings (SSSR count). The zero-order valence-electron chi connectivity index (χ0n) is 12.2. The number of carbonyl (C=O) groups excluding carboxylic acids is 1. The van der Waals surface area contributed by atoms with Crippen LogP contribution in [-0.4, -0.2) is 10.2 Å². The molecule has 1 aliphatic rings. The highest BCUT2D eigenvalue weighted by Gasteiger charge is 2.67. The van der Waals surface area contributed by atoms with Crippen LogP contribution in [0, 0.1) is 5.92 Å². The number of rotatable bonds is 4. The van der Waals surface area contributed by atoms with Crippen molar-refractivity contribution < 1.29 is 4.79 Å². The molecule has 1 amide bonds. The minimum atomic E-state index is -1.04. The van der Waals surface area contributed by atoms with Gasteiger partial charge in [-0.15, -0.1) is 23.2 Å². The van der Waals surface area contributed by atoms with Gasteiger partial charge in [0, 0.05) is 11.6 Å². The molecule has 0 unspecified atom stereocenters. The van der Waals surface area contributed by atoms with E-state index in [4.69, 9.17) is 23.2 Å². The third kappa shape index (κ3) is 2.73. The molecule has 1 saturated carbocycles. The fourth-order valence-electron chi connectivity index (χ4n) is 2.89. The average Bonchev–Trinajstić information content (AvgIpc) is 3.11. The second-order valence-corrected chi connectivity index (χ2v) is 6.98. The normalized spacial score (nSPS) is 22.1. The Morgan fingerprint density at radius 2 is 1.73 bits per heavy atom. The van der Waals surface area contributed by atoms with Gasteiger partial charge >= 0.3 is 0 Å². The maximum absolute atomic E-state index is 12.6. The molecule has 0 radical (unpaired) electrons. The molecule has 2 atom stereocenters. The van der Waals surface area contributed by atoms with Crippen LogP contribution in [0.1, 0.15) is 24.0 Å². The van der Waals surface area contributed by atoms with Crippen molar-refractivity contribution in [1.29, 1.82) is 0 Å². The number of benzene rings is 2. The summed E-state index contributed by atoms with van der Waals surface area (Å²) in [5, 5.41) is 2.97. The molecule has 2 aromatic carbocycles. The molecular weight excluding hydrogens is 317 g/mol. The Labute approximate surface area is 140 Å². The van der Waals surface area contributed by atoms with Gasteiger partial charge in [-0.3, -0.25) is 4.79 Å². The van der Waals surface area contributed by atoms with E-state index in [2.05, 4.69) is 12.2 Å². The fourth-order valence-corrected chi connectivity index (χ4v) is 3.72. The summed E-state index contributed by atoms with van der Waals surface area (Å²) in [6.07, 6.45) is 0.857. The molecule has 2 aromatic rings. The van der Waals surface area contributed by atoms with Gasteiger partial charge in [-0.25, -0.2) is 0 Å². The molecule has 1 fully saturated rings. The van der Waals surface area contributed by atoms with Gasteiger partial charge in [0.05, 0.1) is 5.92 Å². The number of carbonyl (C=O) groups is 1. The average molecular weight is 334 g/mol.